The average Bonchev–Trinajstić information content (AvgIpc) is 2.99. The van der Waals surface area contributed by atoms with E-state index in [-0.39, 0.29) is 17.8 Å². The first-order valence-corrected chi connectivity index (χ1v) is 14.2. The highest BCUT2D eigenvalue weighted by atomic mass is 16.5. The monoisotopic (exact) mass is 551 g/mol. The van der Waals surface area contributed by atoms with Crippen LogP contribution in [-0.2, 0) is 20.9 Å². The quantitative estimate of drug-likeness (QED) is 0.289. The van der Waals surface area contributed by atoms with Gasteiger partial charge in [-0.25, -0.2) is 4.79 Å². The van der Waals surface area contributed by atoms with Crippen LogP contribution in [0.1, 0.15) is 68.6 Å². The van der Waals surface area contributed by atoms with Gasteiger partial charge in [-0.05, 0) is 61.9 Å². The van der Waals surface area contributed by atoms with Crippen LogP contribution < -0.4 is 14.8 Å². The van der Waals surface area contributed by atoms with Gasteiger partial charge in [0.2, 0.25) is 0 Å². The van der Waals surface area contributed by atoms with Crippen LogP contribution >= 0.6 is 0 Å². The number of dihydropyridines is 1. The van der Waals surface area contributed by atoms with Crippen molar-refractivity contribution in [3.05, 3.63) is 118 Å². The van der Waals surface area contributed by atoms with Gasteiger partial charge in [-0.2, -0.15) is 0 Å². The number of hydrogen-bond acceptors (Lipinski definition) is 6. The second kappa shape index (κ2) is 12.5. The van der Waals surface area contributed by atoms with Gasteiger partial charge in [0.1, 0.15) is 18.1 Å². The van der Waals surface area contributed by atoms with Gasteiger partial charge in [0, 0.05) is 29.0 Å². The lowest BCUT2D eigenvalue weighted by Crippen LogP contribution is -2.36. The van der Waals surface area contributed by atoms with Gasteiger partial charge in [-0.15, -0.1) is 0 Å². The number of Topliss-reactive ketones (excluding diaryl/α,β-unsaturated/α-hetero) is 1. The molecule has 1 aliphatic carbocycles. The lowest BCUT2D eigenvalue weighted by atomic mass is 9.71. The predicted octanol–water partition coefficient (Wildman–Crippen LogP) is 6.98. The Morgan fingerprint density at radius 2 is 1.68 bits per heavy atom. The number of esters is 1. The number of nitrogens with one attached hydrogen (secondary N) is 1. The molecule has 0 unspecified atom stereocenters. The largest absolute Gasteiger partial charge is 0.497 e. The molecular formula is C35H37NO5. The summed E-state index contributed by atoms with van der Waals surface area (Å²) in [5.41, 5.74) is 5.52. The predicted molar refractivity (Wildman–Crippen MR) is 159 cm³/mol. The zero-order valence-electron chi connectivity index (χ0n) is 24.1. The number of benzene rings is 3. The number of carbonyl (C=O) groups is 2. The van der Waals surface area contributed by atoms with Crippen molar-refractivity contribution in [2.45, 2.75) is 64.6 Å². The molecule has 0 radical (unpaired) electrons. The number of hydrogen-bond donors (Lipinski definition) is 1. The fraction of sp³-hybridized carbons (Fsp3) is 0.314. The molecule has 0 aromatic heterocycles. The normalized spacial score (nSPS) is 19.3. The Hall–Kier alpha value is -4.32. The number of para-hydroxylation sites is 1. The third-order valence-electron chi connectivity index (χ3n) is 7.99. The Morgan fingerprint density at radius 1 is 0.976 bits per heavy atom. The van der Waals surface area contributed by atoms with E-state index >= 15 is 0 Å². The van der Waals surface area contributed by atoms with Crippen molar-refractivity contribution in [1.29, 1.82) is 0 Å². The van der Waals surface area contributed by atoms with E-state index in [1.54, 1.807) is 7.11 Å². The van der Waals surface area contributed by atoms with Crippen LogP contribution in [0.25, 0.3) is 0 Å². The Bertz CT molecular complexity index is 1470. The minimum absolute atomic E-state index is 0.0174. The fourth-order valence-corrected chi connectivity index (χ4v) is 5.65. The van der Waals surface area contributed by atoms with E-state index in [2.05, 4.69) is 5.32 Å². The molecule has 212 valence electrons. The SMILES string of the molecule is CC[C@H](C)OC(=O)C1=C(C)NC2=C(C(=O)C[C@H](c3ccc(OC)cc3)C2)[C@@H]1c1ccccc1OCc1ccccc1. The number of methoxy groups -OCH3 is 1. The van der Waals surface area contributed by atoms with Gasteiger partial charge in [-0.1, -0.05) is 67.6 Å². The molecule has 1 heterocycles. The topological polar surface area (TPSA) is 73.9 Å². The van der Waals surface area contributed by atoms with E-state index in [1.807, 2.05) is 99.6 Å². The molecule has 0 bridgehead atoms. The van der Waals surface area contributed by atoms with Crippen LogP contribution in [0.2, 0.25) is 0 Å². The fourth-order valence-electron chi connectivity index (χ4n) is 5.65. The van der Waals surface area contributed by atoms with Crippen molar-refractivity contribution in [2.75, 3.05) is 7.11 Å². The Labute approximate surface area is 242 Å². The summed E-state index contributed by atoms with van der Waals surface area (Å²) >= 11 is 0. The molecule has 2 aliphatic rings. The van der Waals surface area contributed by atoms with Gasteiger partial charge < -0.3 is 19.5 Å². The van der Waals surface area contributed by atoms with E-state index < -0.39 is 11.9 Å². The highest BCUT2D eigenvalue weighted by Gasteiger charge is 2.42. The maximum Gasteiger partial charge on any atom is 0.337 e. The molecule has 6 heteroatoms. The van der Waals surface area contributed by atoms with Gasteiger partial charge >= 0.3 is 5.97 Å². The smallest absolute Gasteiger partial charge is 0.337 e. The Morgan fingerprint density at radius 3 is 2.39 bits per heavy atom. The summed E-state index contributed by atoms with van der Waals surface area (Å²) in [6.45, 7) is 6.12. The van der Waals surface area contributed by atoms with Crippen molar-refractivity contribution in [3.63, 3.8) is 0 Å². The molecule has 1 N–H and O–H groups in total. The zero-order chi connectivity index (χ0) is 28.9. The number of ether oxygens (including phenoxy) is 3. The van der Waals surface area contributed by atoms with Crippen LogP contribution in [0, 0.1) is 0 Å². The summed E-state index contributed by atoms with van der Waals surface area (Å²) < 4.78 is 17.5. The molecule has 0 saturated heterocycles. The first kappa shape index (κ1) is 28.2. The van der Waals surface area contributed by atoms with Gasteiger partial charge in [-0.3, -0.25) is 4.79 Å². The molecule has 41 heavy (non-hydrogen) atoms. The zero-order valence-corrected chi connectivity index (χ0v) is 24.1. The second-order valence-electron chi connectivity index (χ2n) is 10.7. The molecule has 0 amide bonds. The maximum atomic E-state index is 14.0. The number of carbonyl (C=O) groups excluding carboxylic acids is 2. The van der Waals surface area contributed by atoms with Crippen molar-refractivity contribution in [1.82, 2.24) is 5.32 Å². The third kappa shape index (κ3) is 6.07. The second-order valence-corrected chi connectivity index (χ2v) is 10.7. The van der Waals surface area contributed by atoms with Crippen molar-refractivity contribution in [2.24, 2.45) is 0 Å². The van der Waals surface area contributed by atoms with Crippen LogP contribution in [0.4, 0.5) is 0 Å². The first-order chi connectivity index (χ1) is 19.9. The van der Waals surface area contributed by atoms with Crippen LogP contribution in [-0.4, -0.2) is 25.0 Å². The number of allylic oxidation sites excluding steroid dienone is 3. The van der Waals surface area contributed by atoms with Gasteiger partial charge in [0.25, 0.3) is 0 Å². The molecule has 0 saturated carbocycles. The number of rotatable bonds is 9. The van der Waals surface area contributed by atoms with Crippen molar-refractivity contribution >= 4 is 11.8 Å². The molecule has 3 aromatic carbocycles. The lowest BCUT2D eigenvalue weighted by molar-refractivity contribution is -0.144. The first-order valence-electron chi connectivity index (χ1n) is 14.2. The molecule has 6 nitrogen and oxygen atoms in total. The minimum atomic E-state index is -0.598. The highest BCUT2D eigenvalue weighted by Crippen LogP contribution is 2.48. The van der Waals surface area contributed by atoms with E-state index in [4.69, 9.17) is 14.2 Å². The highest BCUT2D eigenvalue weighted by molar-refractivity contribution is 6.04. The molecule has 3 atom stereocenters. The molecular weight excluding hydrogens is 514 g/mol. The summed E-state index contributed by atoms with van der Waals surface area (Å²) in [7, 11) is 1.64. The third-order valence-corrected chi connectivity index (χ3v) is 7.99. The molecule has 0 spiro atoms. The average molecular weight is 552 g/mol. The summed E-state index contributed by atoms with van der Waals surface area (Å²) in [6.07, 6.45) is 1.46. The Balaban J connectivity index is 1.56. The van der Waals surface area contributed by atoms with E-state index in [0.29, 0.717) is 48.5 Å². The Kier molecular flexibility index (Phi) is 8.58. The van der Waals surface area contributed by atoms with E-state index in [0.717, 1.165) is 28.1 Å². The van der Waals surface area contributed by atoms with Crippen molar-refractivity contribution < 1.29 is 23.8 Å². The number of ketones is 1. The molecule has 0 fully saturated rings. The summed E-state index contributed by atoms with van der Waals surface area (Å²) in [5.74, 6) is 0.446. The minimum Gasteiger partial charge on any atom is -0.497 e. The maximum absolute atomic E-state index is 14.0. The molecule has 1 aliphatic heterocycles. The summed E-state index contributed by atoms with van der Waals surface area (Å²) in [5, 5.41) is 3.44. The summed E-state index contributed by atoms with van der Waals surface area (Å²) in [6, 6.07) is 25.5. The van der Waals surface area contributed by atoms with E-state index in [9.17, 15) is 9.59 Å². The van der Waals surface area contributed by atoms with Crippen LogP contribution in [0.15, 0.2) is 101 Å². The summed E-state index contributed by atoms with van der Waals surface area (Å²) in [4.78, 5) is 27.7. The standard InChI is InChI=1S/C35H37NO5/c1-5-22(2)41-35(38)32-23(3)36-29-19-26(25-15-17-27(39-4)18-16-25)20-30(37)34(29)33(32)28-13-9-10-14-31(28)40-21-24-11-7-6-8-12-24/h6-18,22,26,33,36H,5,19-21H2,1-4H3/t22-,26+,33+/m0/s1. The molecule has 3 aromatic rings. The van der Waals surface area contributed by atoms with Gasteiger partial charge in [0.05, 0.1) is 24.7 Å². The molecule has 5 rings (SSSR count). The lowest BCUT2D eigenvalue weighted by Gasteiger charge is -2.37. The van der Waals surface area contributed by atoms with E-state index in [1.165, 1.54) is 0 Å². The van der Waals surface area contributed by atoms with Crippen LogP contribution in [0.5, 0.6) is 11.5 Å². The van der Waals surface area contributed by atoms with Crippen molar-refractivity contribution in [3.8, 4) is 11.5 Å². The van der Waals surface area contributed by atoms with Gasteiger partial charge in [0.15, 0.2) is 5.78 Å². The van der Waals surface area contributed by atoms with Crippen LogP contribution in [0.3, 0.4) is 0 Å².